The first-order valence-electron chi connectivity index (χ1n) is 3.84. The predicted octanol–water partition coefficient (Wildman–Crippen LogP) is 1.40. The van der Waals surface area contributed by atoms with E-state index >= 15 is 0 Å². The molecule has 0 atom stereocenters. The molecular formula is C7H8F3N3O. The lowest BCUT2D eigenvalue weighted by molar-refractivity contribution is -0.167. The van der Waals surface area contributed by atoms with Gasteiger partial charge in [-0.25, -0.2) is 0 Å². The molecule has 0 spiro atoms. The Labute approximate surface area is 77.7 Å². The smallest absolute Gasteiger partial charge is 0.316 e. The first-order valence-corrected chi connectivity index (χ1v) is 3.84. The van der Waals surface area contributed by atoms with Crippen molar-refractivity contribution in [2.75, 3.05) is 5.32 Å². The Balaban J connectivity index is 2.65. The van der Waals surface area contributed by atoms with Crippen LogP contribution in [0.25, 0.3) is 0 Å². The van der Waals surface area contributed by atoms with Gasteiger partial charge in [0.2, 0.25) is 0 Å². The zero-order chi connectivity index (χ0) is 10.8. The maximum atomic E-state index is 11.8. The summed E-state index contributed by atoms with van der Waals surface area (Å²) in [6.07, 6.45) is -2.38. The van der Waals surface area contributed by atoms with E-state index in [9.17, 15) is 18.0 Å². The van der Waals surface area contributed by atoms with Crippen LogP contribution in [0.1, 0.15) is 6.92 Å². The maximum absolute atomic E-state index is 11.8. The third-order valence-corrected chi connectivity index (χ3v) is 1.47. The van der Waals surface area contributed by atoms with Gasteiger partial charge in [-0.1, -0.05) is 0 Å². The minimum absolute atomic E-state index is 0.0363. The Morgan fingerprint density at radius 2 is 2.29 bits per heavy atom. The van der Waals surface area contributed by atoms with Crippen molar-refractivity contribution in [1.82, 2.24) is 9.78 Å². The lowest BCUT2D eigenvalue weighted by Gasteiger charge is -2.04. The van der Waals surface area contributed by atoms with Crippen LogP contribution in [0.15, 0.2) is 12.4 Å². The second kappa shape index (κ2) is 3.69. The highest BCUT2D eigenvalue weighted by atomic mass is 19.4. The van der Waals surface area contributed by atoms with E-state index in [1.165, 1.54) is 10.9 Å². The molecule has 1 heterocycles. The van der Waals surface area contributed by atoms with Gasteiger partial charge < -0.3 is 5.32 Å². The number of alkyl halides is 3. The zero-order valence-corrected chi connectivity index (χ0v) is 7.30. The van der Waals surface area contributed by atoms with Crippen molar-refractivity contribution in [3.63, 3.8) is 0 Å². The maximum Gasteiger partial charge on any atom is 0.471 e. The van der Waals surface area contributed by atoms with Crippen LogP contribution in [0.4, 0.5) is 18.9 Å². The first-order chi connectivity index (χ1) is 6.43. The molecule has 0 aliphatic carbocycles. The van der Waals surface area contributed by atoms with Crippen molar-refractivity contribution < 1.29 is 18.0 Å². The average molecular weight is 207 g/mol. The van der Waals surface area contributed by atoms with Crippen molar-refractivity contribution in [2.45, 2.75) is 19.6 Å². The quantitative estimate of drug-likeness (QED) is 0.796. The average Bonchev–Trinajstić information content (AvgIpc) is 2.50. The molecule has 1 aromatic rings. The summed E-state index contributed by atoms with van der Waals surface area (Å²) in [5, 5.41) is 5.39. The van der Waals surface area contributed by atoms with Gasteiger partial charge in [-0.05, 0) is 6.92 Å². The number of rotatable bonds is 2. The first kappa shape index (κ1) is 10.6. The van der Waals surface area contributed by atoms with Gasteiger partial charge in [0, 0.05) is 12.7 Å². The molecule has 0 aliphatic heterocycles. The summed E-state index contributed by atoms with van der Waals surface area (Å²) in [5.41, 5.74) is 0.0363. The van der Waals surface area contributed by atoms with E-state index in [1.807, 2.05) is 0 Å². The van der Waals surface area contributed by atoms with Crippen molar-refractivity contribution in [1.29, 1.82) is 0 Å². The standard InChI is InChI=1S/C7H8F3N3O/c1-2-13-4-5(3-11-13)12-6(14)7(8,9)10/h3-4H,2H2,1H3,(H,12,14). The molecule has 0 fully saturated rings. The topological polar surface area (TPSA) is 46.9 Å². The Morgan fingerprint density at radius 1 is 1.64 bits per heavy atom. The van der Waals surface area contributed by atoms with E-state index in [0.29, 0.717) is 6.54 Å². The highest BCUT2D eigenvalue weighted by Gasteiger charge is 2.38. The summed E-state index contributed by atoms with van der Waals surface area (Å²) in [6, 6.07) is 0. The third-order valence-electron chi connectivity index (χ3n) is 1.47. The number of carbonyl (C=O) groups is 1. The van der Waals surface area contributed by atoms with Gasteiger partial charge in [0.25, 0.3) is 0 Å². The fourth-order valence-electron chi connectivity index (χ4n) is 0.803. The van der Waals surface area contributed by atoms with E-state index in [1.54, 1.807) is 12.2 Å². The van der Waals surface area contributed by atoms with Crippen molar-refractivity contribution in [3.8, 4) is 0 Å². The van der Waals surface area contributed by atoms with Gasteiger partial charge in [-0.2, -0.15) is 18.3 Å². The lowest BCUT2D eigenvalue weighted by atomic mass is 10.5. The second-order valence-electron chi connectivity index (χ2n) is 2.54. The Morgan fingerprint density at radius 3 is 2.71 bits per heavy atom. The number of amides is 1. The fraction of sp³-hybridized carbons (Fsp3) is 0.429. The number of carbonyl (C=O) groups excluding carboxylic acids is 1. The molecule has 14 heavy (non-hydrogen) atoms. The number of hydrogen-bond donors (Lipinski definition) is 1. The second-order valence-corrected chi connectivity index (χ2v) is 2.54. The minimum atomic E-state index is -4.87. The number of aromatic nitrogens is 2. The SMILES string of the molecule is CCn1cc(NC(=O)C(F)(F)F)cn1. The number of aryl methyl sites for hydroxylation is 1. The van der Waals surface area contributed by atoms with E-state index in [0.717, 1.165) is 6.20 Å². The molecule has 7 heteroatoms. The number of anilines is 1. The molecule has 1 amide bonds. The molecule has 0 bridgehead atoms. The molecule has 0 unspecified atom stereocenters. The van der Waals surface area contributed by atoms with E-state index in [-0.39, 0.29) is 5.69 Å². The minimum Gasteiger partial charge on any atom is -0.316 e. The third kappa shape index (κ3) is 2.48. The Bertz CT molecular complexity index is 331. The molecular weight excluding hydrogens is 199 g/mol. The monoisotopic (exact) mass is 207 g/mol. The molecule has 1 aromatic heterocycles. The largest absolute Gasteiger partial charge is 0.471 e. The fourth-order valence-corrected chi connectivity index (χ4v) is 0.803. The van der Waals surface area contributed by atoms with E-state index in [2.05, 4.69) is 5.10 Å². The summed E-state index contributed by atoms with van der Waals surface area (Å²) in [7, 11) is 0. The molecule has 0 radical (unpaired) electrons. The lowest BCUT2D eigenvalue weighted by Crippen LogP contribution is -2.29. The van der Waals surface area contributed by atoms with Gasteiger partial charge in [-0.15, -0.1) is 0 Å². The van der Waals surface area contributed by atoms with E-state index < -0.39 is 12.1 Å². The van der Waals surface area contributed by atoms with Gasteiger partial charge in [0.15, 0.2) is 0 Å². The number of nitrogens with zero attached hydrogens (tertiary/aromatic N) is 2. The van der Waals surface area contributed by atoms with E-state index in [4.69, 9.17) is 0 Å². The number of halogens is 3. The highest BCUT2D eigenvalue weighted by Crippen LogP contribution is 2.17. The van der Waals surface area contributed by atoms with Crippen molar-refractivity contribution in [3.05, 3.63) is 12.4 Å². The number of hydrogen-bond acceptors (Lipinski definition) is 2. The highest BCUT2D eigenvalue weighted by molar-refractivity contribution is 5.94. The van der Waals surface area contributed by atoms with Crippen LogP contribution in [0.2, 0.25) is 0 Å². The van der Waals surface area contributed by atoms with Crippen LogP contribution in [-0.2, 0) is 11.3 Å². The Kier molecular flexibility index (Phi) is 2.78. The predicted molar refractivity (Wildman–Crippen MR) is 42.6 cm³/mol. The van der Waals surface area contributed by atoms with Crippen molar-refractivity contribution in [2.24, 2.45) is 0 Å². The molecule has 1 rings (SSSR count). The zero-order valence-electron chi connectivity index (χ0n) is 7.30. The summed E-state index contributed by atoms with van der Waals surface area (Å²) < 4.78 is 36.8. The van der Waals surface area contributed by atoms with Gasteiger partial charge in [0.05, 0.1) is 11.9 Å². The van der Waals surface area contributed by atoms with Crippen LogP contribution < -0.4 is 5.32 Å². The molecule has 0 saturated heterocycles. The van der Waals surface area contributed by atoms with Gasteiger partial charge in [0.1, 0.15) is 0 Å². The van der Waals surface area contributed by atoms with Gasteiger partial charge in [-0.3, -0.25) is 9.48 Å². The molecule has 78 valence electrons. The normalized spacial score (nSPS) is 11.4. The summed E-state index contributed by atoms with van der Waals surface area (Å²) >= 11 is 0. The molecule has 1 N–H and O–H groups in total. The molecule has 0 aromatic carbocycles. The van der Waals surface area contributed by atoms with Crippen LogP contribution in [-0.4, -0.2) is 21.9 Å². The number of nitrogens with one attached hydrogen (secondary N) is 1. The van der Waals surface area contributed by atoms with Crippen molar-refractivity contribution >= 4 is 11.6 Å². The molecule has 0 aliphatic rings. The van der Waals surface area contributed by atoms with Crippen LogP contribution in [0.3, 0.4) is 0 Å². The summed E-state index contributed by atoms with van der Waals surface area (Å²) in [6.45, 7) is 2.31. The summed E-state index contributed by atoms with van der Waals surface area (Å²) in [5.74, 6) is -1.99. The Hall–Kier alpha value is -1.53. The van der Waals surface area contributed by atoms with Crippen LogP contribution in [0.5, 0.6) is 0 Å². The van der Waals surface area contributed by atoms with Crippen LogP contribution >= 0.6 is 0 Å². The molecule has 4 nitrogen and oxygen atoms in total. The van der Waals surface area contributed by atoms with Crippen LogP contribution in [0, 0.1) is 0 Å². The summed E-state index contributed by atoms with van der Waals surface area (Å²) in [4.78, 5) is 10.5. The van der Waals surface area contributed by atoms with Gasteiger partial charge >= 0.3 is 12.1 Å². The molecule has 0 saturated carbocycles.